The van der Waals surface area contributed by atoms with Crippen molar-refractivity contribution in [3.8, 4) is 0 Å². The molecule has 1 amide bonds. The van der Waals surface area contributed by atoms with Gasteiger partial charge in [0.1, 0.15) is 0 Å². The summed E-state index contributed by atoms with van der Waals surface area (Å²) in [5, 5.41) is 9.61. The molecule has 1 aliphatic rings. The van der Waals surface area contributed by atoms with Gasteiger partial charge in [0.25, 0.3) is 5.91 Å². The highest BCUT2D eigenvalue weighted by atomic mass is 32.2. The molecule has 2 heterocycles. The molecule has 6 heteroatoms. The van der Waals surface area contributed by atoms with Crippen molar-refractivity contribution in [1.29, 1.82) is 0 Å². The quantitative estimate of drug-likeness (QED) is 0.816. The van der Waals surface area contributed by atoms with Crippen LogP contribution in [-0.2, 0) is 5.75 Å². The minimum atomic E-state index is 0.0189. The molecule has 1 aromatic carbocycles. The number of carbonyl (C=O) groups is 1. The van der Waals surface area contributed by atoms with Crippen LogP contribution >= 0.6 is 23.1 Å². The molecule has 2 N–H and O–H groups in total. The smallest absolute Gasteiger partial charge is 0.251 e. The molecule has 1 saturated heterocycles. The first-order valence-corrected chi connectivity index (χ1v) is 9.73. The summed E-state index contributed by atoms with van der Waals surface area (Å²) in [6.07, 6.45) is 2.18. The standard InChI is InChI=1S/C17H21N3OS2/c1-12-19-15(10-22-12)11-23-16-6-4-13(5-7-16)17(21)20-14-3-2-8-18-9-14/h4-7,10,14,18H,2-3,8-9,11H2,1H3,(H,20,21). The first kappa shape index (κ1) is 16.5. The number of hydrogen-bond acceptors (Lipinski definition) is 5. The number of nitrogens with zero attached hydrogens (tertiary/aromatic N) is 1. The first-order chi connectivity index (χ1) is 11.2. The number of carbonyl (C=O) groups excluding carboxylic acids is 1. The Labute approximate surface area is 145 Å². The zero-order valence-corrected chi connectivity index (χ0v) is 14.8. The van der Waals surface area contributed by atoms with Crippen LogP contribution in [0.25, 0.3) is 0 Å². The Morgan fingerprint density at radius 1 is 1.43 bits per heavy atom. The van der Waals surface area contributed by atoms with E-state index in [1.54, 1.807) is 23.1 Å². The van der Waals surface area contributed by atoms with Crippen molar-refractivity contribution in [1.82, 2.24) is 15.6 Å². The molecule has 0 radical (unpaired) electrons. The van der Waals surface area contributed by atoms with E-state index in [9.17, 15) is 4.79 Å². The van der Waals surface area contributed by atoms with Crippen LogP contribution in [0, 0.1) is 6.92 Å². The van der Waals surface area contributed by atoms with E-state index < -0.39 is 0 Å². The molecule has 1 aliphatic heterocycles. The van der Waals surface area contributed by atoms with Crippen molar-refractivity contribution in [2.45, 2.75) is 36.5 Å². The molecule has 0 bridgehead atoms. The topological polar surface area (TPSA) is 54.0 Å². The third-order valence-electron chi connectivity index (χ3n) is 3.80. The van der Waals surface area contributed by atoms with Crippen LogP contribution in [0.2, 0.25) is 0 Å². The fraction of sp³-hybridized carbons (Fsp3) is 0.412. The number of aryl methyl sites for hydroxylation is 1. The van der Waals surface area contributed by atoms with Gasteiger partial charge in [-0.15, -0.1) is 23.1 Å². The van der Waals surface area contributed by atoms with Crippen molar-refractivity contribution >= 4 is 29.0 Å². The van der Waals surface area contributed by atoms with E-state index in [-0.39, 0.29) is 11.9 Å². The summed E-state index contributed by atoms with van der Waals surface area (Å²) < 4.78 is 0. The maximum Gasteiger partial charge on any atom is 0.251 e. The zero-order valence-electron chi connectivity index (χ0n) is 13.2. The largest absolute Gasteiger partial charge is 0.348 e. The van der Waals surface area contributed by atoms with E-state index in [0.29, 0.717) is 0 Å². The Morgan fingerprint density at radius 2 is 2.26 bits per heavy atom. The number of benzene rings is 1. The van der Waals surface area contributed by atoms with Gasteiger partial charge in [-0.25, -0.2) is 4.98 Å². The molecule has 1 atom stereocenters. The van der Waals surface area contributed by atoms with E-state index in [2.05, 4.69) is 21.0 Å². The second-order valence-electron chi connectivity index (χ2n) is 5.69. The van der Waals surface area contributed by atoms with Gasteiger partial charge in [-0.1, -0.05) is 0 Å². The predicted octanol–water partition coefficient (Wildman–Crippen LogP) is 3.23. The molecule has 4 nitrogen and oxygen atoms in total. The van der Waals surface area contributed by atoms with Gasteiger partial charge < -0.3 is 10.6 Å². The summed E-state index contributed by atoms with van der Waals surface area (Å²) in [7, 11) is 0. The zero-order chi connectivity index (χ0) is 16.1. The van der Waals surface area contributed by atoms with Gasteiger partial charge in [-0.2, -0.15) is 0 Å². The van der Waals surface area contributed by atoms with Crippen LogP contribution in [0.5, 0.6) is 0 Å². The lowest BCUT2D eigenvalue weighted by Gasteiger charge is -2.23. The normalized spacial score (nSPS) is 17.9. The highest BCUT2D eigenvalue weighted by molar-refractivity contribution is 7.98. The van der Waals surface area contributed by atoms with Crippen LogP contribution in [0.3, 0.4) is 0 Å². The maximum atomic E-state index is 12.3. The lowest BCUT2D eigenvalue weighted by Crippen LogP contribution is -2.45. The minimum Gasteiger partial charge on any atom is -0.348 e. The van der Waals surface area contributed by atoms with Crippen molar-refractivity contribution in [3.63, 3.8) is 0 Å². The molecule has 3 rings (SSSR count). The van der Waals surface area contributed by atoms with E-state index in [1.165, 1.54) is 0 Å². The highest BCUT2D eigenvalue weighted by Crippen LogP contribution is 2.23. The Hall–Kier alpha value is -1.37. The van der Waals surface area contributed by atoms with Gasteiger partial charge in [0.05, 0.1) is 10.7 Å². The van der Waals surface area contributed by atoms with Crippen molar-refractivity contribution < 1.29 is 4.79 Å². The lowest BCUT2D eigenvalue weighted by molar-refractivity contribution is 0.0930. The van der Waals surface area contributed by atoms with Gasteiger partial charge in [-0.3, -0.25) is 4.79 Å². The SMILES string of the molecule is Cc1nc(CSc2ccc(C(=O)NC3CCCNC3)cc2)cs1. The number of piperidine rings is 1. The van der Waals surface area contributed by atoms with E-state index >= 15 is 0 Å². The van der Waals surface area contributed by atoms with E-state index in [1.807, 2.05) is 31.2 Å². The third kappa shape index (κ3) is 4.80. The minimum absolute atomic E-state index is 0.0189. The number of aromatic nitrogens is 1. The number of rotatable bonds is 5. The molecule has 0 aliphatic carbocycles. The van der Waals surface area contributed by atoms with Gasteiger partial charge in [0.2, 0.25) is 0 Å². The lowest BCUT2D eigenvalue weighted by atomic mass is 10.1. The number of thioether (sulfide) groups is 1. The number of hydrogen-bond donors (Lipinski definition) is 2. The molecular weight excluding hydrogens is 326 g/mol. The van der Waals surface area contributed by atoms with Crippen LogP contribution in [0.1, 0.15) is 33.9 Å². The Morgan fingerprint density at radius 3 is 2.91 bits per heavy atom. The molecule has 122 valence electrons. The van der Waals surface area contributed by atoms with Crippen LogP contribution in [0.4, 0.5) is 0 Å². The summed E-state index contributed by atoms with van der Waals surface area (Å²) in [6, 6.07) is 8.08. The van der Waals surface area contributed by atoms with Crippen molar-refractivity contribution in [2.75, 3.05) is 13.1 Å². The monoisotopic (exact) mass is 347 g/mol. The third-order valence-corrected chi connectivity index (χ3v) is 5.67. The number of amides is 1. The Balaban J connectivity index is 1.52. The summed E-state index contributed by atoms with van der Waals surface area (Å²) >= 11 is 3.43. The van der Waals surface area contributed by atoms with Crippen LogP contribution in [0.15, 0.2) is 34.5 Å². The number of thiazole rings is 1. The number of nitrogens with one attached hydrogen (secondary N) is 2. The molecule has 1 fully saturated rings. The van der Waals surface area contributed by atoms with Crippen molar-refractivity contribution in [2.24, 2.45) is 0 Å². The Kier molecular flexibility index (Phi) is 5.70. The average molecular weight is 348 g/mol. The second-order valence-corrected chi connectivity index (χ2v) is 7.80. The van der Waals surface area contributed by atoms with Crippen LogP contribution < -0.4 is 10.6 Å². The fourth-order valence-electron chi connectivity index (χ4n) is 2.58. The van der Waals surface area contributed by atoms with E-state index in [4.69, 9.17) is 0 Å². The van der Waals surface area contributed by atoms with Gasteiger partial charge in [0.15, 0.2) is 0 Å². The van der Waals surface area contributed by atoms with E-state index in [0.717, 1.165) is 52.8 Å². The average Bonchev–Trinajstić information content (AvgIpc) is 3.00. The van der Waals surface area contributed by atoms with Crippen LogP contribution in [-0.4, -0.2) is 30.0 Å². The fourth-order valence-corrected chi connectivity index (χ4v) is 4.09. The maximum absolute atomic E-state index is 12.3. The predicted molar refractivity (Wildman–Crippen MR) is 96.2 cm³/mol. The second kappa shape index (κ2) is 7.95. The van der Waals surface area contributed by atoms with Gasteiger partial charge in [-0.05, 0) is 50.6 Å². The molecular formula is C17H21N3OS2. The molecule has 1 unspecified atom stereocenters. The molecule has 0 spiro atoms. The highest BCUT2D eigenvalue weighted by Gasteiger charge is 2.16. The summed E-state index contributed by atoms with van der Waals surface area (Å²) in [5.41, 5.74) is 1.84. The first-order valence-electron chi connectivity index (χ1n) is 7.86. The molecule has 1 aromatic heterocycles. The summed E-state index contributed by atoms with van der Waals surface area (Å²) in [6.45, 7) is 3.94. The Bertz CT molecular complexity index is 648. The summed E-state index contributed by atoms with van der Waals surface area (Å²) in [4.78, 5) is 17.9. The van der Waals surface area contributed by atoms with Gasteiger partial charge in [0, 0.05) is 34.2 Å². The summed E-state index contributed by atoms with van der Waals surface area (Å²) in [5.74, 6) is 0.884. The molecule has 23 heavy (non-hydrogen) atoms. The molecule has 0 saturated carbocycles. The van der Waals surface area contributed by atoms with Crippen molar-refractivity contribution in [3.05, 3.63) is 45.9 Å². The molecule has 2 aromatic rings. The van der Waals surface area contributed by atoms with Gasteiger partial charge >= 0.3 is 0 Å².